The summed E-state index contributed by atoms with van der Waals surface area (Å²) >= 11 is 0. The van der Waals surface area contributed by atoms with Crippen LogP contribution in [-0.2, 0) is 4.74 Å². The number of halogens is 1. The van der Waals surface area contributed by atoms with E-state index in [4.69, 9.17) is 4.74 Å². The fourth-order valence-corrected chi connectivity index (χ4v) is 6.34. The summed E-state index contributed by atoms with van der Waals surface area (Å²) in [5.74, 6) is 1.68. The molecule has 0 aromatic heterocycles. The summed E-state index contributed by atoms with van der Waals surface area (Å²) < 4.78 is 6.13. The minimum Gasteiger partial charge on any atom is -0.377 e. The molecule has 160 valence electrons. The van der Waals surface area contributed by atoms with Gasteiger partial charge in [0, 0.05) is 55.8 Å². The van der Waals surface area contributed by atoms with Crippen molar-refractivity contribution < 1.29 is 4.74 Å². The van der Waals surface area contributed by atoms with Crippen molar-refractivity contribution in [2.45, 2.75) is 63.1 Å². The standard InChI is InChI=1S/C23H34N4O.HI/c1-24-22(25-17-9-14-27(15-10-17)18-7-3-2-4-8-18)26-20-19-11-16-28-21(19)23(20)12-5-6-13-23;/h2-4,7-8,17,19-21H,5-6,9-16H2,1H3,(H2,24,25,26);1H. The van der Waals surface area contributed by atoms with Gasteiger partial charge in [-0.1, -0.05) is 31.0 Å². The Morgan fingerprint density at radius 2 is 1.79 bits per heavy atom. The average molecular weight is 510 g/mol. The molecule has 0 amide bonds. The molecule has 2 saturated heterocycles. The number of piperidine rings is 1. The fourth-order valence-electron chi connectivity index (χ4n) is 6.34. The molecular formula is C23H35IN4O. The highest BCUT2D eigenvalue weighted by Gasteiger charge is 2.65. The first kappa shape index (κ1) is 21.2. The molecule has 1 aromatic carbocycles. The molecule has 1 spiro atoms. The van der Waals surface area contributed by atoms with E-state index >= 15 is 0 Å². The van der Waals surface area contributed by atoms with E-state index < -0.39 is 0 Å². The Bertz CT molecular complexity index is 698. The number of nitrogens with one attached hydrogen (secondary N) is 2. The van der Waals surface area contributed by atoms with Gasteiger partial charge in [-0.05, 0) is 44.2 Å². The van der Waals surface area contributed by atoms with Gasteiger partial charge < -0.3 is 20.3 Å². The average Bonchev–Trinajstić information content (AvgIpc) is 3.41. The van der Waals surface area contributed by atoms with E-state index in [2.05, 4.69) is 50.9 Å². The molecule has 3 unspecified atom stereocenters. The molecule has 4 aliphatic rings. The van der Waals surface area contributed by atoms with Crippen LogP contribution < -0.4 is 15.5 Å². The molecule has 2 N–H and O–H groups in total. The third-order valence-electron chi connectivity index (χ3n) is 7.76. The van der Waals surface area contributed by atoms with Crippen molar-refractivity contribution in [3.8, 4) is 0 Å². The van der Waals surface area contributed by atoms with Gasteiger partial charge in [0.2, 0.25) is 0 Å². The number of guanidine groups is 1. The smallest absolute Gasteiger partial charge is 0.191 e. The minimum atomic E-state index is 0. The molecule has 4 fully saturated rings. The monoisotopic (exact) mass is 510 g/mol. The van der Waals surface area contributed by atoms with E-state index in [0.29, 0.717) is 29.5 Å². The number of hydrogen-bond acceptors (Lipinski definition) is 3. The summed E-state index contributed by atoms with van der Waals surface area (Å²) in [4.78, 5) is 7.08. The van der Waals surface area contributed by atoms with Gasteiger partial charge >= 0.3 is 0 Å². The predicted molar refractivity (Wildman–Crippen MR) is 129 cm³/mol. The number of anilines is 1. The van der Waals surface area contributed by atoms with Crippen molar-refractivity contribution in [1.29, 1.82) is 0 Å². The van der Waals surface area contributed by atoms with Crippen LogP contribution in [0.4, 0.5) is 5.69 Å². The highest BCUT2D eigenvalue weighted by molar-refractivity contribution is 14.0. The predicted octanol–water partition coefficient (Wildman–Crippen LogP) is 3.79. The van der Waals surface area contributed by atoms with Gasteiger partial charge in [-0.25, -0.2) is 0 Å². The zero-order valence-corrected chi connectivity index (χ0v) is 19.8. The summed E-state index contributed by atoms with van der Waals surface area (Å²) in [5.41, 5.74) is 1.71. The number of benzene rings is 1. The lowest BCUT2D eigenvalue weighted by Gasteiger charge is -2.57. The van der Waals surface area contributed by atoms with Crippen molar-refractivity contribution in [3.63, 3.8) is 0 Å². The van der Waals surface area contributed by atoms with Crippen LogP contribution in [0.25, 0.3) is 0 Å². The van der Waals surface area contributed by atoms with Crippen LogP contribution in [0.2, 0.25) is 0 Å². The molecule has 0 bridgehead atoms. The summed E-state index contributed by atoms with van der Waals surface area (Å²) in [6.45, 7) is 3.15. The lowest BCUT2D eigenvalue weighted by atomic mass is 9.54. The quantitative estimate of drug-likeness (QED) is 0.369. The van der Waals surface area contributed by atoms with Gasteiger partial charge in [0.05, 0.1) is 6.10 Å². The first-order valence-corrected chi connectivity index (χ1v) is 11.2. The Balaban J connectivity index is 0.00000205. The zero-order valence-electron chi connectivity index (χ0n) is 17.5. The van der Waals surface area contributed by atoms with E-state index in [0.717, 1.165) is 38.5 Å². The Hall–Kier alpha value is -1.02. The summed E-state index contributed by atoms with van der Waals surface area (Å²) in [5, 5.41) is 7.58. The van der Waals surface area contributed by atoms with Gasteiger partial charge in [0.15, 0.2) is 5.96 Å². The third-order valence-corrected chi connectivity index (χ3v) is 7.76. The zero-order chi connectivity index (χ0) is 19.0. The second kappa shape index (κ2) is 9.00. The minimum absolute atomic E-state index is 0. The normalized spacial score (nSPS) is 31.1. The maximum absolute atomic E-state index is 6.13. The molecule has 1 aromatic rings. The molecule has 6 heteroatoms. The van der Waals surface area contributed by atoms with Gasteiger partial charge in [0.1, 0.15) is 0 Å². The second-order valence-corrected chi connectivity index (χ2v) is 9.12. The van der Waals surface area contributed by atoms with E-state index in [1.54, 1.807) is 0 Å². The van der Waals surface area contributed by atoms with Crippen LogP contribution in [0, 0.1) is 11.3 Å². The van der Waals surface area contributed by atoms with Crippen molar-refractivity contribution in [2.24, 2.45) is 16.3 Å². The van der Waals surface area contributed by atoms with Gasteiger partial charge in [-0.15, -0.1) is 24.0 Å². The van der Waals surface area contributed by atoms with E-state index in [9.17, 15) is 0 Å². The Morgan fingerprint density at radius 1 is 1.07 bits per heavy atom. The van der Waals surface area contributed by atoms with Crippen LogP contribution in [0.1, 0.15) is 44.9 Å². The summed E-state index contributed by atoms with van der Waals surface area (Å²) in [6, 6.07) is 11.8. The van der Waals surface area contributed by atoms with Crippen molar-refractivity contribution in [3.05, 3.63) is 30.3 Å². The van der Waals surface area contributed by atoms with Gasteiger partial charge in [-0.2, -0.15) is 0 Å². The largest absolute Gasteiger partial charge is 0.377 e. The second-order valence-electron chi connectivity index (χ2n) is 9.12. The lowest BCUT2D eigenvalue weighted by molar-refractivity contribution is -0.125. The highest BCUT2D eigenvalue weighted by Crippen LogP contribution is 2.60. The highest BCUT2D eigenvalue weighted by atomic mass is 127. The number of ether oxygens (including phenoxy) is 1. The molecule has 2 aliphatic heterocycles. The molecule has 2 saturated carbocycles. The van der Waals surface area contributed by atoms with Crippen LogP contribution in [0.15, 0.2) is 35.3 Å². The van der Waals surface area contributed by atoms with Gasteiger partial charge in [0.25, 0.3) is 0 Å². The van der Waals surface area contributed by atoms with Crippen molar-refractivity contribution in [1.82, 2.24) is 10.6 Å². The third kappa shape index (κ3) is 3.87. The first-order valence-electron chi connectivity index (χ1n) is 11.2. The number of fused-ring (bicyclic) bond motifs is 2. The lowest BCUT2D eigenvalue weighted by Crippen LogP contribution is -2.69. The van der Waals surface area contributed by atoms with Crippen molar-refractivity contribution >= 4 is 35.6 Å². The molecule has 2 aliphatic carbocycles. The molecule has 3 atom stereocenters. The fraction of sp³-hybridized carbons (Fsp3) is 0.696. The molecule has 5 nitrogen and oxygen atoms in total. The van der Waals surface area contributed by atoms with Crippen LogP contribution >= 0.6 is 24.0 Å². The maximum atomic E-state index is 6.13. The van der Waals surface area contributed by atoms with Crippen LogP contribution in [-0.4, -0.2) is 50.9 Å². The number of rotatable bonds is 3. The Labute approximate surface area is 192 Å². The van der Waals surface area contributed by atoms with E-state index in [1.165, 1.54) is 37.8 Å². The Kier molecular flexibility index (Phi) is 6.59. The number of para-hydroxylation sites is 1. The van der Waals surface area contributed by atoms with Gasteiger partial charge in [-0.3, -0.25) is 4.99 Å². The molecular weight excluding hydrogens is 475 g/mol. The number of hydrogen-bond donors (Lipinski definition) is 2. The van der Waals surface area contributed by atoms with E-state index in [-0.39, 0.29) is 24.0 Å². The molecule has 5 rings (SSSR count). The SMILES string of the molecule is CN=C(NC1CCN(c2ccccc2)CC1)NC1C2CCOC2C12CCCC2.I. The van der Waals surface area contributed by atoms with Crippen LogP contribution in [0.5, 0.6) is 0 Å². The summed E-state index contributed by atoms with van der Waals surface area (Å²) in [6.07, 6.45) is 9.36. The molecule has 29 heavy (non-hydrogen) atoms. The maximum Gasteiger partial charge on any atom is 0.191 e. The number of nitrogens with zero attached hydrogens (tertiary/aromatic N) is 2. The van der Waals surface area contributed by atoms with Crippen LogP contribution in [0.3, 0.4) is 0 Å². The van der Waals surface area contributed by atoms with E-state index in [1.807, 2.05) is 7.05 Å². The first-order chi connectivity index (χ1) is 13.8. The van der Waals surface area contributed by atoms with Crippen molar-refractivity contribution in [2.75, 3.05) is 31.6 Å². The Morgan fingerprint density at radius 3 is 2.48 bits per heavy atom. The molecule has 0 radical (unpaired) electrons. The summed E-state index contributed by atoms with van der Waals surface area (Å²) in [7, 11) is 1.91. The number of aliphatic imine (C=N–C) groups is 1. The topological polar surface area (TPSA) is 48.9 Å². The molecule has 2 heterocycles.